The number of hydrogen-bond acceptors (Lipinski definition) is 4. The molecular formula is C20H24N2O4. The van der Waals surface area contributed by atoms with Gasteiger partial charge in [-0.05, 0) is 50.2 Å². The fourth-order valence-corrected chi connectivity index (χ4v) is 2.47. The van der Waals surface area contributed by atoms with Crippen LogP contribution in [0.5, 0.6) is 11.5 Å². The third-order valence-corrected chi connectivity index (χ3v) is 3.59. The van der Waals surface area contributed by atoms with E-state index in [4.69, 9.17) is 9.47 Å². The van der Waals surface area contributed by atoms with Crippen LogP contribution in [0.1, 0.15) is 20.8 Å². The summed E-state index contributed by atoms with van der Waals surface area (Å²) in [5.41, 5.74) is 1.21. The molecule has 138 valence electrons. The van der Waals surface area contributed by atoms with Gasteiger partial charge in [0.25, 0.3) is 0 Å². The van der Waals surface area contributed by atoms with E-state index in [0.29, 0.717) is 30.3 Å². The van der Waals surface area contributed by atoms with Gasteiger partial charge in [-0.25, -0.2) is 0 Å². The van der Waals surface area contributed by atoms with Gasteiger partial charge >= 0.3 is 0 Å². The molecular weight excluding hydrogens is 332 g/mol. The fraction of sp³-hybridized carbons (Fsp3) is 0.300. The van der Waals surface area contributed by atoms with E-state index in [2.05, 4.69) is 5.32 Å². The van der Waals surface area contributed by atoms with Crippen molar-refractivity contribution in [2.24, 2.45) is 0 Å². The fourth-order valence-electron chi connectivity index (χ4n) is 2.47. The van der Waals surface area contributed by atoms with Crippen LogP contribution in [0.2, 0.25) is 0 Å². The van der Waals surface area contributed by atoms with Gasteiger partial charge in [0.15, 0.2) is 0 Å². The van der Waals surface area contributed by atoms with Crippen molar-refractivity contribution in [2.75, 3.05) is 30.0 Å². The molecule has 0 atom stereocenters. The minimum Gasteiger partial charge on any atom is -0.494 e. The molecule has 6 heteroatoms. The van der Waals surface area contributed by atoms with E-state index in [0.717, 1.165) is 5.75 Å². The average molecular weight is 356 g/mol. The van der Waals surface area contributed by atoms with Crippen molar-refractivity contribution < 1.29 is 19.1 Å². The molecule has 6 nitrogen and oxygen atoms in total. The van der Waals surface area contributed by atoms with Gasteiger partial charge in [0.2, 0.25) is 11.8 Å². The summed E-state index contributed by atoms with van der Waals surface area (Å²) in [6, 6.07) is 14.3. The number of anilines is 2. The number of carbonyl (C=O) groups is 2. The highest BCUT2D eigenvalue weighted by Crippen LogP contribution is 2.28. The molecule has 26 heavy (non-hydrogen) atoms. The molecule has 0 saturated carbocycles. The van der Waals surface area contributed by atoms with Crippen molar-refractivity contribution in [2.45, 2.75) is 20.8 Å². The zero-order valence-electron chi connectivity index (χ0n) is 15.3. The van der Waals surface area contributed by atoms with Crippen molar-refractivity contribution in [3.63, 3.8) is 0 Å². The van der Waals surface area contributed by atoms with E-state index in [9.17, 15) is 9.59 Å². The smallest absolute Gasteiger partial charge is 0.244 e. The second-order valence-electron chi connectivity index (χ2n) is 5.51. The van der Waals surface area contributed by atoms with E-state index in [-0.39, 0.29) is 18.4 Å². The number of carbonyl (C=O) groups excluding carboxylic acids is 2. The normalized spacial score (nSPS) is 10.1. The second kappa shape index (κ2) is 9.46. The Morgan fingerprint density at radius 3 is 2.23 bits per heavy atom. The molecule has 2 amide bonds. The number of para-hydroxylation sites is 2. The summed E-state index contributed by atoms with van der Waals surface area (Å²) in [6.45, 7) is 6.15. The van der Waals surface area contributed by atoms with Gasteiger partial charge in [0, 0.05) is 12.6 Å². The molecule has 0 radical (unpaired) electrons. The lowest BCUT2D eigenvalue weighted by atomic mass is 10.2. The van der Waals surface area contributed by atoms with Gasteiger partial charge < -0.3 is 14.8 Å². The van der Waals surface area contributed by atoms with Crippen LogP contribution in [0.25, 0.3) is 0 Å². The Morgan fingerprint density at radius 2 is 1.62 bits per heavy atom. The predicted molar refractivity (Wildman–Crippen MR) is 102 cm³/mol. The highest BCUT2D eigenvalue weighted by molar-refractivity contribution is 6.02. The Labute approximate surface area is 153 Å². The second-order valence-corrected chi connectivity index (χ2v) is 5.51. The van der Waals surface area contributed by atoms with Crippen molar-refractivity contribution >= 4 is 23.2 Å². The molecule has 0 unspecified atom stereocenters. The van der Waals surface area contributed by atoms with E-state index < -0.39 is 0 Å². The summed E-state index contributed by atoms with van der Waals surface area (Å²) in [5.74, 6) is 0.773. The molecule has 2 aromatic carbocycles. The molecule has 1 N–H and O–H groups in total. The quantitative estimate of drug-likeness (QED) is 0.786. The van der Waals surface area contributed by atoms with Gasteiger partial charge in [0.05, 0.1) is 18.9 Å². The van der Waals surface area contributed by atoms with Crippen LogP contribution < -0.4 is 19.7 Å². The lowest BCUT2D eigenvalue weighted by molar-refractivity contribution is -0.120. The van der Waals surface area contributed by atoms with Crippen LogP contribution in [-0.4, -0.2) is 31.6 Å². The molecule has 0 bridgehead atoms. The van der Waals surface area contributed by atoms with E-state index >= 15 is 0 Å². The molecule has 0 aliphatic carbocycles. The van der Waals surface area contributed by atoms with Crippen LogP contribution >= 0.6 is 0 Å². The highest BCUT2D eigenvalue weighted by Gasteiger charge is 2.19. The maximum absolute atomic E-state index is 12.4. The van der Waals surface area contributed by atoms with Crippen LogP contribution in [0.3, 0.4) is 0 Å². The molecule has 2 aromatic rings. The maximum Gasteiger partial charge on any atom is 0.244 e. The molecule has 0 heterocycles. The first kappa shape index (κ1) is 19.3. The Kier molecular flexibility index (Phi) is 7.02. The third kappa shape index (κ3) is 5.24. The van der Waals surface area contributed by atoms with Crippen molar-refractivity contribution in [3.8, 4) is 11.5 Å². The molecule has 0 aliphatic rings. The lowest BCUT2D eigenvalue weighted by Gasteiger charge is -2.23. The standard InChI is InChI=1S/C20H24N2O4/c1-4-25-17-12-10-16(11-13-17)21-20(24)14-22(15(3)23)18-8-6-7-9-19(18)26-5-2/h6-13H,4-5,14H2,1-3H3,(H,21,24). The molecule has 0 fully saturated rings. The van der Waals surface area contributed by atoms with Gasteiger partial charge in [0.1, 0.15) is 18.0 Å². The number of nitrogens with zero attached hydrogens (tertiary/aromatic N) is 1. The summed E-state index contributed by atoms with van der Waals surface area (Å²) in [6.07, 6.45) is 0. The molecule has 2 rings (SSSR count). The van der Waals surface area contributed by atoms with E-state index in [1.54, 1.807) is 42.5 Å². The Hall–Kier alpha value is -3.02. The third-order valence-electron chi connectivity index (χ3n) is 3.59. The number of hydrogen-bond donors (Lipinski definition) is 1. The highest BCUT2D eigenvalue weighted by atomic mass is 16.5. The maximum atomic E-state index is 12.4. The summed E-state index contributed by atoms with van der Waals surface area (Å²) in [5, 5.41) is 2.79. The first-order valence-electron chi connectivity index (χ1n) is 8.57. The average Bonchev–Trinajstić information content (AvgIpc) is 2.62. The van der Waals surface area contributed by atoms with Crippen LogP contribution in [0, 0.1) is 0 Å². The Morgan fingerprint density at radius 1 is 0.962 bits per heavy atom. The number of benzene rings is 2. The topological polar surface area (TPSA) is 67.9 Å². The van der Waals surface area contributed by atoms with Crippen molar-refractivity contribution in [3.05, 3.63) is 48.5 Å². The minimum atomic E-state index is -0.296. The van der Waals surface area contributed by atoms with E-state index in [1.165, 1.54) is 11.8 Å². The minimum absolute atomic E-state index is 0.105. The largest absolute Gasteiger partial charge is 0.494 e. The zero-order valence-corrected chi connectivity index (χ0v) is 15.3. The SMILES string of the molecule is CCOc1ccc(NC(=O)CN(C(C)=O)c2ccccc2OCC)cc1. The first-order chi connectivity index (χ1) is 12.5. The van der Waals surface area contributed by atoms with E-state index in [1.807, 2.05) is 19.9 Å². The number of ether oxygens (including phenoxy) is 2. The van der Waals surface area contributed by atoms with Crippen LogP contribution in [0.15, 0.2) is 48.5 Å². The zero-order chi connectivity index (χ0) is 18.9. The monoisotopic (exact) mass is 356 g/mol. The summed E-state index contributed by atoms with van der Waals surface area (Å²) in [4.78, 5) is 25.9. The van der Waals surface area contributed by atoms with Crippen molar-refractivity contribution in [1.82, 2.24) is 0 Å². The Bertz CT molecular complexity index is 744. The molecule has 0 aliphatic heterocycles. The van der Waals surface area contributed by atoms with Crippen LogP contribution in [-0.2, 0) is 9.59 Å². The van der Waals surface area contributed by atoms with Crippen molar-refractivity contribution in [1.29, 1.82) is 0 Å². The van der Waals surface area contributed by atoms with Crippen LogP contribution in [0.4, 0.5) is 11.4 Å². The van der Waals surface area contributed by atoms with Gasteiger partial charge in [-0.1, -0.05) is 12.1 Å². The lowest BCUT2D eigenvalue weighted by Crippen LogP contribution is -2.37. The summed E-state index contributed by atoms with van der Waals surface area (Å²) < 4.78 is 10.9. The molecule has 0 saturated heterocycles. The summed E-state index contributed by atoms with van der Waals surface area (Å²) in [7, 11) is 0. The summed E-state index contributed by atoms with van der Waals surface area (Å²) >= 11 is 0. The van der Waals surface area contributed by atoms with Gasteiger partial charge in [-0.15, -0.1) is 0 Å². The predicted octanol–water partition coefficient (Wildman–Crippen LogP) is 3.48. The number of rotatable bonds is 8. The molecule has 0 spiro atoms. The van der Waals surface area contributed by atoms with Gasteiger partial charge in [-0.2, -0.15) is 0 Å². The number of nitrogens with one attached hydrogen (secondary N) is 1. The first-order valence-corrected chi connectivity index (χ1v) is 8.57. The molecule has 0 aromatic heterocycles. The van der Waals surface area contributed by atoms with Gasteiger partial charge in [-0.3, -0.25) is 14.5 Å². The Balaban J connectivity index is 2.10. The number of amides is 2.